The van der Waals surface area contributed by atoms with Crippen LogP contribution in [0, 0.1) is 0 Å². The highest BCUT2D eigenvalue weighted by Crippen LogP contribution is 2.34. The molecule has 0 spiro atoms. The average molecular weight is 580 g/mol. The SMILES string of the molecule is CC/C(=C(\c1ccccc1)c1ccc(OCCN(C)C)cc1)c1ccccc1.O=C(O)CC(O)(C(=O)O)C(O)C(=O)O. The molecule has 0 heterocycles. The molecule has 0 aliphatic rings. The number of nitrogens with zero attached hydrogens (tertiary/aromatic N) is 1. The van der Waals surface area contributed by atoms with E-state index in [1.54, 1.807) is 0 Å². The van der Waals surface area contributed by atoms with Gasteiger partial charge in [-0.2, -0.15) is 0 Å². The molecular formula is C32H37NO9. The lowest BCUT2D eigenvalue weighted by Crippen LogP contribution is -2.54. The third-order valence-electron chi connectivity index (χ3n) is 6.27. The van der Waals surface area contributed by atoms with Crippen LogP contribution < -0.4 is 4.74 Å². The van der Waals surface area contributed by atoms with Gasteiger partial charge in [0.05, 0.1) is 6.42 Å². The van der Waals surface area contributed by atoms with Crippen molar-refractivity contribution in [2.24, 2.45) is 0 Å². The second kappa shape index (κ2) is 16.1. The Morgan fingerprint density at radius 2 is 1.31 bits per heavy atom. The van der Waals surface area contributed by atoms with E-state index in [2.05, 4.69) is 111 Å². The molecule has 0 saturated carbocycles. The number of allylic oxidation sites excluding steroid dienone is 1. The number of likely N-dealkylation sites (N-methyl/N-ethyl adjacent to an activating group) is 1. The first kappa shape index (κ1) is 33.7. The first-order valence-electron chi connectivity index (χ1n) is 13.2. The van der Waals surface area contributed by atoms with Gasteiger partial charge in [-0.05, 0) is 60.5 Å². The van der Waals surface area contributed by atoms with Gasteiger partial charge in [0.1, 0.15) is 12.4 Å². The molecule has 10 heteroatoms. The molecule has 5 N–H and O–H groups in total. The molecule has 0 radical (unpaired) electrons. The average Bonchev–Trinajstić information content (AvgIpc) is 2.96. The lowest BCUT2D eigenvalue weighted by Gasteiger charge is -2.23. The van der Waals surface area contributed by atoms with Crippen LogP contribution in [0.15, 0.2) is 84.9 Å². The highest BCUT2D eigenvalue weighted by molar-refractivity contribution is 5.98. The predicted octanol–water partition coefficient (Wildman–Crippen LogP) is 3.72. The topological polar surface area (TPSA) is 165 Å². The van der Waals surface area contributed by atoms with Gasteiger partial charge in [-0.15, -0.1) is 0 Å². The summed E-state index contributed by atoms with van der Waals surface area (Å²) in [5.41, 5.74) is 3.14. The molecule has 10 nitrogen and oxygen atoms in total. The van der Waals surface area contributed by atoms with E-state index in [-0.39, 0.29) is 0 Å². The van der Waals surface area contributed by atoms with Gasteiger partial charge in [0.15, 0.2) is 6.10 Å². The Morgan fingerprint density at radius 3 is 1.74 bits per heavy atom. The maximum atomic E-state index is 10.4. The minimum Gasteiger partial charge on any atom is -0.492 e. The van der Waals surface area contributed by atoms with Crippen molar-refractivity contribution < 1.29 is 44.7 Å². The molecule has 0 fully saturated rings. The summed E-state index contributed by atoms with van der Waals surface area (Å²) in [6.07, 6.45) is -3.14. The third-order valence-corrected chi connectivity index (χ3v) is 6.27. The molecule has 0 aliphatic carbocycles. The molecular weight excluding hydrogens is 542 g/mol. The first-order valence-corrected chi connectivity index (χ1v) is 13.2. The van der Waals surface area contributed by atoms with Crippen LogP contribution in [0.2, 0.25) is 0 Å². The molecule has 42 heavy (non-hydrogen) atoms. The summed E-state index contributed by atoms with van der Waals surface area (Å²) in [6.45, 7) is 3.83. The van der Waals surface area contributed by atoms with Crippen LogP contribution in [0.25, 0.3) is 11.1 Å². The number of rotatable bonds is 13. The number of ether oxygens (including phenoxy) is 1. The molecule has 3 aromatic carbocycles. The van der Waals surface area contributed by atoms with E-state index in [0.717, 1.165) is 18.7 Å². The minimum atomic E-state index is -3.22. The summed E-state index contributed by atoms with van der Waals surface area (Å²) in [6, 6.07) is 29.8. The van der Waals surface area contributed by atoms with Gasteiger partial charge in [0.25, 0.3) is 0 Å². The van der Waals surface area contributed by atoms with Gasteiger partial charge in [-0.1, -0.05) is 79.7 Å². The van der Waals surface area contributed by atoms with Crippen LogP contribution in [-0.4, -0.2) is 87.3 Å². The summed E-state index contributed by atoms with van der Waals surface area (Å²) in [4.78, 5) is 32.8. The van der Waals surface area contributed by atoms with Crippen molar-refractivity contribution in [2.75, 3.05) is 27.2 Å². The fraction of sp³-hybridized carbons (Fsp3) is 0.281. The third kappa shape index (κ3) is 9.55. The van der Waals surface area contributed by atoms with E-state index in [1.165, 1.54) is 27.8 Å². The number of hydrogen-bond donors (Lipinski definition) is 5. The Hall–Kier alpha value is -4.51. The van der Waals surface area contributed by atoms with Gasteiger partial charge < -0.3 is 35.2 Å². The fourth-order valence-electron chi connectivity index (χ4n) is 4.07. The number of carboxylic acid groups (broad SMARTS) is 3. The summed E-state index contributed by atoms with van der Waals surface area (Å²) in [5, 5.41) is 42.6. The van der Waals surface area contributed by atoms with E-state index in [0.29, 0.717) is 6.61 Å². The Kier molecular flexibility index (Phi) is 12.9. The van der Waals surface area contributed by atoms with Crippen LogP contribution in [0.1, 0.15) is 36.5 Å². The predicted molar refractivity (Wildman–Crippen MR) is 158 cm³/mol. The summed E-state index contributed by atoms with van der Waals surface area (Å²) >= 11 is 0. The normalized spacial score (nSPS) is 13.6. The van der Waals surface area contributed by atoms with E-state index < -0.39 is 36.0 Å². The van der Waals surface area contributed by atoms with E-state index in [4.69, 9.17) is 30.3 Å². The summed E-state index contributed by atoms with van der Waals surface area (Å²) < 4.78 is 5.87. The smallest absolute Gasteiger partial charge is 0.339 e. The Labute approximate surface area is 244 Å². The molecule has 2 atom stereocenters. The second-order valence-corrected chi connectivity index (χ2v) is 9.66. The van der Waals surface area contributed by atoms with E-state index in [1.807, 2.05) is 0 Å². The van der Waals surface area contributed by atoms with Gasteiger partial charge in [-0.3, -0.25) is 4.79 Å². The highest BCUT2D eigenvalue weighted by Gasteiger charge is 2.49. The van der Waals surface area contributed by atoms with E-state index in [9.17, 15) is 14.4 Å². The zero-order valence-corrected chi connectivity index (χ0v) is 23.8. The van der Waals surface area contributed by atoms with Gasteiger partial charge in [-0.25, -0.2) is 9.59 Å². The standard InChI is InChI=1S/C26H29NO.C6H8O8/c1-4-25(21-11-7-5-8-12-21)26(22-13-9-6-10-14-22)23-15-17-24(18-16-23)28-20-19-27(2)3;7-2(8)1-6(14,5(12)13)3(9)4(10)11/h5-18H,4,19-20H2,1-3H3;3,9,14H,1H2,(H,7,8)(H,10,11)(H,12,13)/b26-25-;. The van der Waals surface area contributed by atoms with Crippen molar-refractivity contribution in [1.29, 1.82) is 0 Å². The van der Waals surface area contributed by atoms with Crippen molar-refractivity contribution in [1.82, 2.24) is 4.90 Å². The maximum absolute atomic E-state index is 10.4. The Morgan fingerprint density at radius 1 is 0.810 bits per heavy atom. The number of carboxylic acids is 3. The zero-order valence-electron chi connectivity index (χ0n) is 23.8. The van der Waals surface area contributed by atoms with Crippen molar-refractivity contribution in [3.05, 3.63) is 102 Å². The highest BCUT2D eigenvalue weighted by atomic mass is 16.5. The zero-order chi connectivity index (χ0) is 31.3. The fourth-order valence-corrected chi connectivity index (χ4v) is 4.07. The summed E-state index contributed by atoms with van der Waals surface area (Å²) in [7, 11) is 4.11. The molecule has 0 aliphatic heterocycles. The Bertz CT molecular complexity index is 1340. The van der Waals surface area contributed by atoms with Crippen LogP contribution in [0.3, 0.4) is 0 Å². The molecule has 3 rings (SSSR count). The lowest BCUT2D eigenvalue weighted by molar-refractivity contribution is -0.187. The number of hydrogen-bond acceptors (Lipinski definition) is 7. The summed E-state index contributed by atoms with van der Waals surface area (Å²) in [5.74, 6) is -4.96. The minimum absolute atomic E-state index is 0.692. The lowest BCUT2D eigenvalue weighted by atomic mass is 9.88. The monoisotopic (exact) mass is 579 g/mol. The quantitative estimate of drug-likeness (QED) is 0.189. The van der Waals surface area contributed by atoms with Crippen molar-refractivity contribution >= 4 is 29.1 Å². The van der Waals surface area contributed by atoms with Crippen LogP contribution in [-0.2, 0) is 14.4 Å². The maximum Gasteiger partial charge on any atom is 0.339 e. The van der Waals surface area contributed by atoms with Gasteiger partial charge in [0.2, 0.25) is 5.60 Å². The molecule has 224 valence electrons. The molecule has 0 aromatic heterocycles. The van der Waals surface area contributed by atoms with Gasteiger partial charge >= 0.3 is 17.9 Å². The Balaban J connectivity index is 0.000000374. The second-order valence-electron chi connectivity index (χ2n) is 9.66. The van der Waals surface area contributed by atoms with Crippen LogP contribution in [0.4, 0.5) is 0 Å². The molecule has 3 aromatic rings. The molecule has 0 amide bonds. The van der Waals surface area contributed by atoms with Gasteiger partial charge in [0, 0.05) is 6.54 Å². The van der Waals surface area contributed by atoms with Crippen molar-refractivity contribution in [3.8, 4) is 5.75 Å². The molecule has 2 unspecified atom stereocenters. The molecule has 0 saturated heterocycles. The number of aliphatic carboxylic acids is 3. The number of aliphatic hydroxyl groups is 2. The van der Waals surface area contributed by atoms with Crippen molar-refractivity contribution in [2.45, 2.75) is 31.5 Å². The largest absolute Gasteiger partial charge is 0.492 e. The number of carbonyl (C=O) groups is 3. The van der Waals surface area contributed by atoms with Crippen LogP contribution in [0.5, 0.6) is 5.75 Å². The van der Waals surface area contributed by atoms with Crippen LogP contribution >= 0.6 is 0 Å². The molecule has 0 bridgehead atoms. The first-order chi connectivity index (χ1) is 19.9. The van der Waals surface area contributed by atoms with E-state index >= 15 is 0 Å². The number of benzene rings is 3. The van der Waals surface area contributed by atoms with Crippen molar-refractivity contribution in [3.63, 3.8) is 0 Å². The number of aliphatic hydroxyl groups excluding tert-OH is 1.